The molecule has 0 radical (unpaired) electrons. The van der Waals surface area contributed by atoms with E-state index in [2.05, 4.69) is 5.32 Å². The topological polar surface area (TPSA) is 68.5 Å². The van der Waals surface area contributed by atoms with E-state index in [0.29, 0.717) is 28.5 Å². The first kappa shape index (κ1) is 16.1. The molecule has 6 heteroatoms. The lowest BCUT2D eigenvalue weighted by Gasteiger charge is -2.09. The van der Waals surface area contributed by atoms with Crippen molar-refractivity contribution in [2.75, 3.05) is 11.9 Å². The summed E-state index contributed by atoms with van der Waals surface area (Å²) in [5.41, 5.74) is 0.360. The van der Waals surface area contributed by atoms with Crippen LogP contribution in [0.25, 0.3) is 11.0 Å². The van der Waals surface area contributed by atoms with Gasteiger partial charge in [-0.1, -0.05) is 23.7 Å². The Labute approximate surface area is 142 Å². The van der Waals surface area contributed by atoms with Crippen LogP contribution in [0.2, 0.25) is 5.02 Å². The van der Waals surface area contributed by atoms with E-state index in [1.807, 2.05) is 6.92 Å². The molecule has 0 bridgehead atoms. The molecule has 0 saturated carbocycles. The number of hydrogen-bond acceptors (Lipinski definition) is 4. The molecule has 2 aromatic carbocycles. The van der Waals surface area contributed by atoms with Crippen molar-refractivity contribution in [1.29, 1.82) is 0 Å². The lowest BCUT2D eigenvalue weighted by atomic mass is 10.1. The summed E-state index contributed by atoms with van der Waals surface area (Å²) in [6.45, 7) is 2.34. The average molecular weight is 344 g/mol. The fourth-order valence-corrected chi connectivity index (χ4v) is 2.52. The van der Waals surface area contributed by atoms with Gasteiger partial charge in [0.1, 0.15) is 11.3 Å². The Morgan fingerprint density at radius 2 is 2.00 bits per heavy atom. The third kappa shape index (κ3) is 3.26. The molecule has 0 aliphatic carbocycles. The molecular weight excluding hydrogens is 330 g/mol. The molecule has 1 amide bonds. The molecule has 0 atom stereocenters. The number of amides is 1. The van der Waals surface area contributed by atoms with Gasteiger partial charge in [-0.2, -0.15) is 0 Å². The van der Waals surface area contributed by atoms with Crippen LogP contribution in [0.4, 0.5) is 5.69 Å². The van der Waals surface area contributed by atoms with Crippen LogP contribution < -0.4 is 15.7 Å². The maximum Gasteiger partial charge on any atom is 0.337 e. The monoisotopic (exact) mass is 343 g/mol. The molecular formula is C18H14ClNO4. The maximum atomic E-state index is 12.6. The van der Waals surface area contributed by atoms with Crippen LogP contribution in [0, 0.1) is 0 Å². The molecule has 122 valence electrons. The van der Waals surface area contributed by atoms with E-state index in [0.717, 1.165) is 6.07 Å². The number of ether oxygens (including phenoxy) is 1. The largest absolute Gasteiger partial charge is 0.494 e. The second kappa shape index (κ2) is 6.76. The molecule has 1 aromatic heterocycles. The lowest BCUT2D eigenvalue weighted by molar-refractivity contribution is 0.102. The van der Waals surface area contributed by atoms with Crippen molar-refractivity contribution >= 4 is 34.2 Å². The molecule has 24 heavy (non-hydrogen) atoms. The van der Waals surface area contributed by atoms with Crippen molar-refractivity contribution in [2.45, 2.75) is 6.92 Å². The van der Waals surface area contributed by atoms with Gasteiger partial charge < -0.3 is 14.5 Å². The average Bonchev–Trinajstić information content (AvgIpc) is 2.56. The highest BCUT2D eigenvalue weighted by Gasteiger charge is 2.15. The Hall–Kier alpha value is -2.79. The fourth-order valence-electron chi connectivity index (χ4n) is 2.34. The van der Waals surface area contributed by atoms with Crippen LogP contribution in [-0.4, -0.2) is 12.5 Å². The maximum absolute atomic E-state index is 12.6. The van der Waals surface area contributed by atoms with E-state index in [9.17, 15) is 9.59 Å². The predicted molar refractivity (Wildman–Crippen MR) is 93.1 cm³/mol. The van der Waals surface area contributed by atoms with Crippen LogP contribution in [0.5, 0.6) is 5.75 Å². The van der Waals surface area contributed by atoms with Gasteiger partial charge in [-0.25, -0.2) is 4.79 Å². The fraction of sp³-hybridized carbons (Fsp3) is 0.111. The summed E-state index contributed by atoms with van der Waals surface area (Å²) in [5.74, 6) is 0.127. The highest BCUT2D eigenvalue weighted by Crippen LogP contribution is 2.25. The Morgan fingerprint density at radius 1 is 1.21 bits per heavy atom. The van der Waals surface area contributed by atoms with E-state index in [4.69, 9.17) is 20.8 Å². The van der Waals surface area contributed by atoms with Crippen LogP contribution in [0.3, 0.4) is 0 Å². The summed E-state index contributed by atoms with van der Waals surface area (Å²) in [6.07, 6.45) is 0. The molecule has 1 heterocycles. The number of benzene rings is 2. The van der Waals surface area contributed by atoms with Gasteiger partial charge in [-0.15, -0.1) is 0 Å². The predicted octanol–water partition coefficient (Wildman–Crippen LogP) is 4.10. The number of nitrogens with one attached hydrogen (secondary N) is 1. The third-order valence-corrected chi connectivity index (χ3v) is 3.72. The summed E-state index contributed by atoms with van der Waals surface area (Å²) in [5, 5.41) is 3.63. The molecule has 5 nitrogen and oxygen atoms in total. The number of fused-ring (bicyclic) bond motifs is 1. The molecule has 0 unspecified atom stereocenters. The summed E-state index contributed by atoms with van der Waals surface area (Å²) in [4.78, 5) is 24.3. The Bertz CT molecular complexity index is 965. The van der Waals surface area contributed by atoms with Gasteiger partial charge >= 0.3 is 5.63 Å². The first-order chi connectivity index (χ1) is 11.6. The van der Waals surface area contributed by atoms with Crippen molar-refractivity contribution in [3.8, 4) is 5.75 Å². The third-order valence-electron chi connectivity index (χ3n) is 3.39. The van der Waals surface area contributed by atoms with Crippen LogP contribution in [0.15, 0.2) is 57.7 Å². The highest BCUT2D eigenvalue weighted by molar-refractivity contribution is 6.34. The van der Waals surface area contributed by atoms with Gasteiger partial charge in [0.05, 0.1) is 22.9 Å². The molecule has 3 aromatic rings. The van der Waals surface area contributed by atoms with Gasteiger partial charge in [-0.05, 0) is 31.2 Å². The highest BCUT2D eigenvalue weighted by atomic mass is 35.5. The molecule has 1 N–H and O–H groups in total. The minimum Gasteiger partial charge on any atom is -0.494 e. The van der Waals surface area contributed by atoms with Crippen molar-refractivity contribution in [3.05, 3.63) is 69.5 Å². The van der Waals surface area contributed by atoms with Crippen LogP contribution in [-0.2, 0) is 0 Å². The zero-order chi connectivity index (χ0) is 17.1. The van der Waals surface area contributed by atoms with E-state index in [1.54, 1.807) is 42.5 Å². The van der Waals surface area contributed by atoms with E-state index >= 15 is 0 Å². The van der Waals surface area contributed by atoms with E-state index in [-0.39, 0.29) is 11.1 Å². The van der Waals surface area contributed by atoms with Crippen molar-refractivity contribution in [2.24, 2.45) is 0 Å². The van der Waals surface area contributed by atoms with Crippen molar-refractivity contribution in [1.82, 2.24) is 0 Å². The van der Waals surface area contributed by atoms with Crippen LogP contribution >= 0.6 is 11.6 Å². The SMILES string of the molecule is CCOc1ccc2c(C(=O)Nc3ccccc3Cl)cc(=O)oc2c1. The van der Waals surface area contributed by atoms with Crippen LogP contribution in [0.1, 0.15) is 17.3 Å². The van der Waals surface area contributed by atoms with Gasteiger partial charge in [0.25, 0.3) is 5.91 Å². The second-order valence-electron chi connectivity index (χ2n) is 5.00. The van der Waals surface area contributed by atoms with Gasteiger partial charge in [0, 0.05) is 17.5 Å². The summed E-state index contributed by atoms with van der Waals surface area (Å²) in [6, 6.07) is 13.0. The van der Waals surface area contributed by atoms with Gasteiger partial charge in [0.15, 0.2) is 0 Å². The molecule has 0 spiro atoms. The number of para-hydroxylation sites is 1. The minimum absolute atomic E-state index is 0.212. The lowest BCUT2D eigenvalue weighted by Crippen LogP contribution is -2.15. The standard InChI is InChI=1S/C18H14ClNO4/c1-2-23-11-7-8-12-13(10-17(21)24-16(12)9-11)18(22)20-15-6-4-3-5-14(15)19/h3-10H,2H2,1H3,(H,20,22). The zero-order valence-electron chi connectivity index (χ0n) is 12.8. The Morgan fingerprint density at radius 3 is 2.75 bits per heavy atom. The normalized spacial score (nSPS) is 10.6. The number of hydrogen-bond donors (Lipinski definition) is 1. The number of carbonyl (C=O) groups excluding carboxylic acids is 1. The first-order valence-corrected chi connectivity index (χ1v) is 7.73. The molecule has 0 saturated heterocycles. The van der Waals surface area contributed by atoms with Crippen molar-refractivity contribution < 1.29 is 13.9 Å². The van der Waals surface area contributed by atoms with Crippen molar-refractivity contribution in [3.63, 3.8) is 0 Å². The first-order valence-electron chi connectivity index (χ1n) is 7.35. The van der Waals surface area contributed by atoms with Gasteiger partial charge in [-0.3, -0.25) is 4.79 Å². The summed E-state index contributed by atoms with van der Waals surface area (Å²) < 4.78 is 10.6. The Balaban J connectivity index is 2.03. The Kier molecular flexibility index (Phi) is 4.53. The molecule has 0 aliphatic heterocycles. The number of rotatable bonds is 4. The summed E-state index contributed by atoms with van der Waals surface area (Å²) >= 11 is 6.05. The number of halogens is 1. The number of carbonyl (C=O) groups is 1. The van der Waals surface area contributed by atoms with E-state index in [1.165, 1.54) is 0 Å². The van der Waals surface area contributed by atoms with E-state index < -0.39 is 11.5 Å². The minimum atomic E-state index is -0.611. The zero-order valence-corrected chi connectivity index (χ0v) is 13.6. The molecule has 0 fully saturated rings. The number of anilines is 1. The second-order valence-corrected chi connectivity index (χ2v) is 5.41. The quantitative estimate of drug-likeness (QED) is 0.724. The molecule has 3 rings (SSSR count). The smallest absolute Gasteiger partial charge is 0.337 e. The summed E-state index contributed by atoms with van der Waals surface area (Å²) in [7, 11) is 0. The van der Waals surface area contributed by atoms with Gasteiger partial charge in [0.2, 0.25) is 0 Å². The molecule has 0 aliphatic rings.